The number of nitrogens with one attached hydrogen (secondary N) is 1. The highest BCUT2D eigenvalue weighted by Gasteiger charge is 2.16. The molecule has 1 amide bonds. The lowest BCUT2D eigenvalue weighted by atomic mass is 10.1. The molecule has 6 nitrogen and oxygen atoms in total. The maximum absolute atomic E-state index is 12.8. The maximum Gasteiger partial charge on any atom is 0.267 e. The molecule has 7 heteroatoms. The first-order valence-corrected chi connectivity index (χ1v) is 10.7. The molecule has 31 heavy (non-hydrogen) atoms. The van der Waals surface area contributed by atoms with Crippen molar-refractivity contribution >= 4 is 28.7 Å². The number of carbonyl (C=O) groups excluding carboxylic acids is 1. The highest BCUT2D eigenvalue weighted by Crippen LogP contribution is 2.24. The number of amides is 1. The normalized spacial score (nSPS) is 11.0. The van der Waals surface area contributed by atoms with Gasteiger partial charge in [0, 0.05) is 36.3 Å². The van der Waals surface area contributed by atoms with Crippen molar-refractivity contribution in [2.45, 2.75) is 13.3 Å². The zero-order valence-electron chi connectivity index (χ0n) is 16.8. The van der Waals surface area contributed by atoms with Gasteiger partial charge in [-0.05, 0) is 30.7 Å². The van der Waals surface area contributed by atoms with Gasteiger partial charge in [-0.15, -0.1) is 11.3 Å². The number of hydrogen-bond donors (Lipinski definition) is 1. The number of imidazole rings is 1. The molecule has 0 spiro atoms. The second-order valence-corrected chi connectivity index (χ2v) is 8.25. The Balaban J connectivity index is 1.30. The van der Waals surface area contributed by atoms with Crippen LogP contribution in [0.1, 0.15) is 25.9 Å². The number of anilines is 1. The minimum atomic E-state index is -0.140. The molecule has 5 rings (SSSR count). The SMILES string of the molecule is Cc1nc(Cc2ccccc2)sc1C(=O)Nc1ccc(-c2cn3cccnc3n2)cc1. The van der Waals surface area contributed by atoms with Crippen LogP contribution in [0.25, 0.3) is 17.0 Å². The molecule has 2 aromatic carbocycles. The van der Waals surface area contributed by atoms with Gasteiger partial charge in [0.25, 0.3) is 5.91 Å². The lowest BCUT2D eigenvalue weighted by molar-refractivity contribution is 0.103. The minimum Gasteiger partial charge on any atom is -0.321 e. The monoisotopic (exact) mass is 425 g/mol. The van der Waals surface area contributed by atoms with Crippen LogP contribution in [0.3, 0.4) is 0 Å². The first kappa shape index (κ1) is 19.1. The molecular formula is C24H19N5OS. The molecule has 0 aliphatic rings. The van der Waals surface area contributed by atoms with Crippen LogP contribution in [0.15, 0.2) is 79.3 Å². The van der Waals surface area contributed by atoms with Crippen molar-refractivity contribution in [2.24, 2.45) is 0 Å². The average molecular weight is 426 g/mol. The summed E-state index contributed by atoms with van der Waals surface area (Å²) in [6.45, 7) is 1.88. The van der Waals surface area contributed by atoms with E-state index in [-0.39, 0.29) is 5.91 Å². The first-order valence-electron chi connectivity index (χ1n) is 9.87. The van der Waals surface area contributed by atoms with Crippen LogP contribution in [-0.2, 0) is 6.42 Å². The largest absolute Gasteiger partial charge is 0.321 e. The van der Waals surface area contributed by atoms with Crippen molar-refractivity contribution in [3.8, 4) is 11.3 Å². The Bertz CT molecular complexity index is 1320. The number of aryl methyl sites for hydroxylation is 1. The van der Waals surface area contributed by atoms with Crippen LogP contribution in [-0.4, -0.2) is 25.3 Å². The summed E-state index contributed by atoms with van der Waals surface area (Å²) in [5.74, 6) is 0.515. The predicted octanol–water partition coefficient (Wildman–Crippen LogP) is 5.00. The molecule has 0 atom stereocenters. The van der Waals surface area contributed by atoms with Gasteiger partial charge < -0.3 is 5.32 Å². The van der Waals surface area contributed by atoms with E-state index in [4.69, 9.17) is 0 Å². The van der Waals surface area contributed by atoms with Crippen LogP contribution >= 0.6 is 11.3 Å². The number of carbonyl (C=O) groups is 1. The van der Waals surface area contributed by atoms with E-state index in [9.17, 15) is 4.79 Å². The van der Waals surface area contributed by atoms with Gasteiger partial charge >= 0.3 is 0 Å². The lowest BCUT2D eigenvalue weighted by Gasteiger charge is -2.05. The summed E-state index contributed by atoms with van der Waals surface area (Å²) in [5.41, 5.74) is 4.46. The highest BCUT2D eigenvalue weighted by molar-refractivity contribution is 7.14. The molecule has 0 aliphatic carbocycles. The Morgan fingerprint density at radius 3 is 2.61 bits per heavy atom. The molecule has 152 valence electrons. The van der Waals surface area contributed by atoms with Crippen molar-refractivity contribution in [2.75, 3.05) is 5.32 Å². The van der Waals surface area contributed by atoms with Crippen LogP contribution in [0.4, 0.5) is 5.69 Å². The molecule has 0 saturated carbocycles. The topological polar surface area (TPSA) is 72.2 Å². The molecule has 0 bridgehead atoms. The molecule has 1 N–H and O–H groups in total. The number of rotatable bonds is 5. The van der Waals surface area contributed by atoms with Gasteiger partial charge in [0.15, 0.2) is 0 Å². The number of thiazole rings is 1. The van der Waals surface area contributed by atoms with Crippen molar-refractivity contribution in [1.29, 1.82) is 0 Å². The molecular weight excluding hydrogens is 406 g/mol. The summed E-state index contributed by atoms with van der Waals surface area (Å²) >= 11 is 1.44. The molecule has 5 aromatic rings. The van der Waals surface area contributed by atoms with Gasteiger partial charge in [-0.25, -0.2) is 15.0 Å². The zero-order chi connectivity index (χ0) is 21.2. The Morgan fingerprint density at radius 2 is 1.84 bits per heavy atom. The van der Waals surface area contributed by atoms with Crippen LogP contribution in [0.2, 0.25) is 0 Å². The van der Waals surface area contributed by atoms with Crippen molar-refractivity contribution in [3.63, 3.8) is 0 Å². The molecule has 3 heterocycles. The Morgan fingerprint density at radius 1 is 1.03 bits per heavy atom. The standard InChI is InChI=1S/C24H19N5OS/c1-16-22(31-21(26-16)14-17-6-3-2-4-7-17)23(30)27-19-10-8-18(9-11-19)20-15-29-13-5-12-25-24(29)28-20/h2-13,15H,14H2,1H3,(H,27,30). The van der Waals surface area contributed by atoms with Gasteiger partial charge in [0.2, 0.25) is 5.78 Å². The molecule has 0 aliphatic heterocycles. The second-order valence-electron chi connectivity index (χ2n) is 7.17. The quantitative estimate of drug-likeness (QED) is 0.430. The van der Waals surface area contributed by atoms with E-state index >= 15 is 0 Å². The van der Waals surface area contributed by atoms with E-state index in [2.05, 4.69) is 32.4 Å². The summed E-state index contributed by atoms with van der Waals surface area (Å²) in [6.07, 6.45) is 6.29. The van der Waals surface area contributed by atoms with Gasteiger partial charge in [-0.2, -0.15) is 0 Å². The fourth-order valence-corrected chi connectivity index (χ4v) is 4.38. The lowest BCUT2D eigenvalue weighted by Crippen LogP contribution is -2.11. The second kappa shape index (κ2) is 8.12. The average Bonchev–Trinajstić information content (AvgIpc) is 3.38. The number of aromatic nitrogens is 4. The summed E-state index contributed by atoms with van der Waals surface area (Å²) in [6, 6.07) is 19.7. The van der Waals surface area contributed by atoms with E-state index in [0.29, 0.717) is 10.7 Å². The smallest absolute Gasteiger partial charge is 0.267 e. The Kier molecular flexibility index (Phi) is 5.01. The summed E-state index contributed by atoms with van der Waals surface area (Å²) in [5, 5.41) is 3.91. The maximum atomic E-state index is 12.8. The first-order chi connectivity index (χ1) is 15.2. The van der Waals surface area contributed by atoms with E-state index in [1.54, 1.807) is 6.20 Å². The highest BCUT2D eigenvalue weighted by atomic mass is 32.1. The van der Waals surface area contributed by atoms with Crippen molar-refractivity contribution in [3.05, 3.63) is 100 Å². The zero-order valence-corrected chi connectivity index (χ0v) is 17.6. The number of benzene rings is 2. The fourth-order valence-electron chi connectivity index (χ4n) is 3.39. The third-order valence-electron chi connectivity index (χ3n) is 4.92. The Hall–Kier alpha value is -3.84. The van der Waals surface area contributed by atoms with E-state index in [1.165, 1.54) is 16.9 Å². The summed E-state index contributed by atoms with van der Waals surface area (Å²) in [7, 11) is 0. The summed E-state index contributed by atoms with van der Waals surface area (Å²) in [4.78, 5) is 26.8. The molecule has 0 radical (unpaired) electrons. The van der Waals surface area contributed by atoms with Crippen LogP contribution in [0, 0.1) is 6.92 Å². The van der Waals surface area contributed by atoms with Crippen LogP contribution in [0.5, 0.6) is 0 Å². The van der Waals surface area contributed by atoms with E-state index < -0.39 is 0 Å². The molecule has 0 saturated heterocycles. The van der Waals surface area contributed by atoms with Crippen molar-refractivity contribution < 1.29 is 4.79 Å². The third kappa shape index (κ3) is 4.08. The minimum absolute atomic E-state index is 0.140. The molecule has 0 fully saturated rings. The number of nitrogens with zero attached hydrogens (tertiary/aromatic N) is 4. The number of fused-ring (bicyclic) bond motifs is 1. The molecule has 3 aromatic heterocycles. The third-order valence-corrected chi connectivity index (χ3v) is 6.08. The van der Waals surface area contributed by atoms with Crippen molar-refractivity contribution in [1.82, 2.24) is 19.4 Å². The molecule has 0 unspecified atom stereocenters. The number of hydrogen-bond acceptors (Lipinski definition) is 5. The van der Waals surface area contributed by atoms with Gasteiger partial charge in [0.1, 0.15) is 4.88 Å². The fraction of sp³-hybridized carbons (Fsp3) is 0.0833. The Labute approximate surface area is 183 Å². The van der Waals surface area contributed by atoms with Gasteiger partial charge in [-0.1, -0.05) is 42.5 Å². The van der Waals surface area contributed by atoms with Crippen LogP contribution < -0.4 is 5.32 Å². The predicted molar refractivity (Wildman–Crippen MR) is 122 cm³/mol. The summed E-state index contributed by atoms with van der Waals surface area (Å²) < 4.78 is 1.88. The van der Waals surface area contributed by atoms with Gasteiger partial charge in [-0.3, -0.25) is 9.20 Å². The van der Waals surface area contributed by atoms with E-state index in [1.807, 2.05) is 72.2 Å². The van der Waals surface area contributed by atoms with E-state index in [0.717, 1.165) is 34.1 Å². The van der Waals surface area contributed by atoms with Gasteiger partial charge in [0.05, 0.1) is 16.4 Å².